The fraction of sp³-hybridized carbons (Fsp3) is 0.333. The molecule has 0 aliphatic rings. The maximum atomic E-state index is 11.1. The predicted molar refractivity (Wildman–Crippen MR) is 51.5 cm³/mol. The smallest absolute Gasteiger partial charge is 0.236 e. The van der Waals surface area contributed by atoms with Gasteiger partial charge in [0, 0.05) is 0 Å². The molecule has 1 heterocycles. The van der Waals surface area contributed by atoms with Crippen LogP contribution in [0.3, 0.4) is 0 Å². The molecule has 1 aromatic heterocycles. The second kappa shape index (κ2) is 5.50. The van der Waals surface area contributed by atoms with Crippen molar-refractivity contribution < 1.29 is 4.79 Å². The largest absolute Gasteiger partial charge is 0.300 e. The zero-order valence-electron chi connectivity index (χ0n) is 6.56. The molecule has 0 aliphatic heterocycles. The SMILES string of the molecule is N#CCSCC(=O)Nc1nncs1. The van der Waals surface area contributed by atoms with Gasteiger partial charge in [-0.3, -0.25) is 10.1 Å². The van der Waals surface area contributed by atoms with Gasteiger partial charge in [-0.05, 0) is 0 Å². The molecule has 0 atom stereocenters. The van der Waals surface area contributed by atoms with Crippen molar-refractivity contribution in [3.63, 3.8) is 0 Å². The van der Waals surface area contributed by atoms with Gasteiger partial charge in [0.1, 0.15) is 5.51 Å². The molecule has 13 heavy (non-hydrogen) atoms. The molecule has 1 rings (SSSR count). The number of amides is 1. The van der Waals surface area contributed by atoms with Crippen molar-refractivity contribution in [3.05, 3.63) is 5.51 Å². The second-order valence-electron chi connectivity index (χ2n) is 1.94. The third kappa shape index (κ3) is 3.87. The number of carbonyl (C=O) groups excluding carboxylic acids is 1. The summed E-state index contributed by atoms with van der Waals surface area (Å²) in [5.74, 6) is 0.438. The summed E-state index contributed by atoms with van der Waals surface area (Å²) >= 11 is 2.53. The Morgan fingerprint density at radius 2 is 2.69 bits per heavy atom. The number of carbonyl (C=O) groups is 1. The van der Waals surface area contributed by atoms with E-state index in [1.807, 2.05) is 6.07 Å². The molecule has 68 valence electrons. The first kappa shape index (κ1) is 9.95. The molecule has 0 saturated heterocycles. The monoisotopic (exact) mass is 214 g/mol. The molecule has 0 saturated carbocycles. The molecule has 0 bridgehead atoms. The molecule has 1 amide bonds. The van der Waals surface area contributed by atoms with E-state index >= 15 is 0 Å². The average Bonchev–Trinajstić information content (AvgIpc) is 2.57. The maximum Gasteiger partial charge on any atom is 0.236 e. The van der Waals surface area contributed by atoms with Crippen molar-refractivity contribution in [2.45, 2.75) is 0 Å². The Morgan fingerprint density at radius 3 is 3.31 bits per heavy atom. The number of nitrogens with one attached hydrogen (secondary N) is 1. The van der Waals surface area contributed by atoms with Gasteiger partial charge in [0.2, 0.25) is 11.0 Å². The standard InChI is InChI=1S/C6H6N4OS2/c7-1-2-12-3-5(11)9-6-10-8-4-13-6/h4H,2-3H2,(H,9,10,11). The fourth-order valence-electron chi connectivity index (χ4n) is 0.572. The van der Waals surface area contributed by atoms with Crippen LogP contribution in [0.4, 0.5) is 5.13 Å². The molecule has 0 radical (unpaired) electrons. The molecule has 0 aromatic carbocycles. The number of anilines is 1. The van der Waals surface area contributed by atoms with Crippen molar-refractivity contribution in [1.82, 2.24) is 10.2 Å². The van der Waals surface area contributed by atoms with Crippen molar-refractivity contribution >= 4 is 34.1 Å². The quantitative estimate of drug-likeness (QED) is 0.747. The van der Waals surface area contributed by atoms with E-state index in [1.165, 1.54) is 28.6 Å². The van der Waals surface area contributed by atoms with Crippen LogP contribution in [0.15, 0.2) is 5.51 Å². The number of hydrogen-bond donors (Lipinski definition) is 1. The molecule has 7 heteroatoms. The van der Waals surface area contributed by atoms with E-state index < -0.39 is 0 Å². The van der Waals surface area contributed by atoms with Crippen LogP contribution in [0.1, 0.15) is 0 Å². The zero-order chi connectivity index (χ0) is 9.52. The van der Waals surface area contributed by atoms with E-state index in [1.54, 1.807) is 0 Å². The van der Waals surface area contributed by atoms with E-state index in [0.717, 1.165) is 0 Å². The summed E-state index contributed by atoms with van der Waals surface area (Å²) < 4.78 is 0. The van der Waals surface area contributed by atoms with E-state index in [-0.39, 0.29) is 11.7 Å². The lowest BCUT2D eigenvalue weighted by atomic mass is 10.7. The Morgan fingerprint density at radius 1 is 1.85 bits per heavy atom. The highest BCUT2D eigenvalue weighted by atomic mass is 32.2. The number of aromatic nitrogens is 2. The van der Waals surface area contributed by atoms with Gasteiger partial charge >= 0.3 is 0 Å². The summed E-state index contributed by atoms with van der Waals surface area (Å²) in [6.45, 7) is 0. The molecule has 1 N–H and O–H groups in total. The van der Waals surface area contributed by atoms with Crippen molar-refractivity contribution in [2.75, 3.05) is 16.8 Å². The van der Waals surface area contributed by atoms with Crippen molar-refractivity contribution in [3.8, 4) is 6.07 Å². The molecule has 0 fully saturated rings. The van der Waals surface area contributed by atoms with Crippen LogP contribution in [0.2, 0.25) is 0 Å². The summed E-state index contributed by atoms with van der Waals surface area (Å²) in [5.41, 5.74) is 1.54. The minimum absolute atomic E-state index is 0.156. The molecule has 0 spiro atoms. The van der Waals surface area contributed by atoms with E-state index in [9.17, 15) is 4.79 Å². The van der Waals surface area contributed by atoms with Crippen LogP contribution in [0, 0.1) is 11.3 Å². The van der Waals surface area contributed by atoms with Crippen molar-refractivity contribution in [1.29, 1.82) is 5.26 Å². The predicted octanol–water partition coefficient (Wildman–Crippen LogP) is 0.733. The first-order chi connectivity index (χ1) is 6.33. The van der Waals surface area contributed by atoms with Gasteiger partial charge in [0.15, 0.2) is 0 Å². The Balaban J connectivity index is 2.23. The van der Waals surface area contributed by atoms with Crippen LogP contribution >= 0.6 is 23.1 Å². The highest BCUT2D eigenvalue weighted by molar-refractivity contribution is 8.00. The van der Waals surface area contributed by atoms with Gasteiger partial charge in [0.05, 0.1) is 17.6 Å². The highest BCUT2D eigenvalue weighted by Crippen LogP contribution is 2.08. The summed E-state index contributed by atoms with van der Waals surface area (Å²) in [7, 11) is 0. The van der Waals surface area contributed by atoms with Gasteiger partial charge in [0.25, 0.3) is 0 Å². The summed E-state index contributed by atoms with van der Waals surface area (Å²) in [6, 6.07) is 1.94. The lowest BCUT2D eigenvalue weighted by molar-refractivity contribution is -0.113. The van der Waals surface area contributed by atoms with Crippen LogP contribution < -0.4 is 5.32 Å². The molecule has 0 aliphatic carbocycles. The topological polar surface area (TPSA) is 78.7 Å². The molecule has 1 aromatic rings. The van der Waals surface area contributed by atoms with Crippen LogP contribution in [-0.4, -0.2) is 27.6 Å². The lowest BCUT2D eigenvalue weighted by Crippen LogP contribution is -2.14. The number of rotatable bonds is 4. The minimum atomic E-state index is -0.156. The van der Waals surface area contributed by atoms with Crippen LogP contribution in [0.25, 0.3) is 0 Å². The summed E-state index contributed by atoms with van der Waals surface area (Å²) in [5, 5.41) is 18.5. The maximum absolute atomic E-state index is 11.1. The Bertz CT molecular complexity index is 305. The van der Waals surface area contributed by atoms with Gasteiger partial charge in [-0.2, -0.15) is 5.26 Å². The third-order valence-electron chi connectivity index (χ3n) is 1.01. The number of nitrogens with zero attached hydrogens (tertiary/aromatic N) is 3. The Labute approximate surface area is 83.2 Å². The third-order valence-corrected chi connectivity index (χ3v) is 2.41. The molecular formula is C6H6N4OS2. The van der Waals surface area contributed by atoms with Crippen LogP contribution in [0.5, 0.6) is 0 Å². The Kier molecular flexibility index (Phi) is 4.21. The fourth-order valence-corrected chi connectivity index (χ4v) is 1.48. The Hall–Kier alpha value is -1.13. The number of hydrogen-bond acceptors (Lipinski definition) is 6. The van der Waals surface area contributed by atoms with Gasteiger partial charge in [-0.15, -0.1) is 22.0 Å². The van der Waals surface area contributed by atoms with Crippen LogP contribution in [-0.2, 0) is 4.79 Å². The van der Waals surface area contributed by atoms with Gasteiger partial charge < -0.3 is 0 Å². The highest BCUT2D eigenvalue weighted by Gasteiger charge is 2.03. The van der Waals surface area contributed by atoms with Gasteiger partial charge in [-0.1, -0.05) is 11.3 Å². The normalized spacial score (nSPS) is 9.15. The number of thioether (sulfide) groups is 1. The minimum Gasteiger partial charge on any atom is -0.300 e. The first-order valence-corrected chi connectivity index (χ1v) is 5.37. The molecular weight excluding hydrogens is 208 g/mol. The first-order valence-electron chi connectivity index (χ1n) is 3.33. The molecule has 5 nitrogen and oxygen atoms in total. The summed E-state index contributed by atoms with van der Waals surface area (Å²) in [6.07, 6.45) is 0. The number of nitriles is 1. The molecule has 0 unspecified atom stereocenters. The van der Waals surface area contributed by atoms with E-state index in [0.29, 0.717) is 10.9 Å². The van der Waals surface area contributed by atoms with Crippen molar-refractivity contribution in [2.24, 2.45) is 0 Å². The average molecular weight is 214 g/mol. The lowest BCUT2D eigenvalue weighted by Gasteiger charge is -1.97. The van der Waals surface area contributed by atoms with Gasteiger partial charge in [-0.25, -0.2) is 0 Å². The van der Waals surface area contributed by atoms with E-state index in [2.05, 4.69) is 15.5 Å². The second-order valence-corrected chi connectivity index (χ2v) is 3.76. The zero-order valence-corrected chi connectivity index (χ0v) is 8.19. The van der Waals surface area contributed by atoms with E-state index in [4.69, 9.17) is 5.26 Å². The summed E-state index contributed by atoms with van der Waals surface area (Å²) in [4.78, 5) is 11.1.